The monoisotopic (exact) mass is 273 g/mol. The Morgan fingerprint density at radius 2 is 2.16 bits per heavy atom. The van der Waals surface area contributed by atoms with Crippen molar-refractivity contribution in [2.45, 2.75) is 6.92 Å². The number of halogens is 1. The molecule has 0 fully saturated rings. The van der Waals surface area contributed by atoms with Gasteiger partial charge in [0.25, 0.3) is 0 Å². The Kier molecular flexibility index (Phi) is 3.09. The van der Waals surface area contributed by atoms with Crippen LogP contribution in [0.15, 0.2) is 36.8 Å². The highest BCUT2D eigenvalue weighted by molar-refractivity contribution is 6.32. The first-order valence-corrected chi connectivity index (χ1v) is 6.38. The van der Waals surface area contributed by atoms with Crippen molar-refractivity contribution in [2.75, 3.05) is 6.61 Å². The lowest BCUT2D eigenvalue weighted by molar-refractivity contribution is 0.340. The maximum atomic E-state index is 6.21. The lowest BCUT2D eigenvalue weighted by Crippen LogP contribution is -1.93. The summed E-state index contributed by atoms with van der Waals surface area (Å²) in [6.45, 7) is 2.52. The number of rotatable bonds is 3. The summed E-state index contributed by atoms with van der Waals surface area (Å²) in [5.74, 6) is 0.687. The summed E-state index contributed by atoms with van der Waals surface area (Å²) in [6, 6.07) is 7.63. The van der Waals surface area contributed by atoms with Crippen molar-refractivity contribution in [3.8, 4) is 17.0 Å². The van der Waals surface area contributed by atoms with Gasteiger partial charge < -0.3 is 9.72 Å². The quantitative estimate of drug-likeness (QED) is 0.792. The smallest absolute Gasteiger partial charge is 0.141 e. The van der Waals surface area contributed by atoms with Crippen molar-refractivity contribution in [1.29, 1.82) is 0 Å². The van der Waals surface area contributed by atoms with Crippen LogP contribution < -0.4 is 4.74 Å². The van der Waals surface area contributed by atoms with Crippen molar-refractivity contribution >= 4 is 22.6 Å². The standard InChI is InChI=1S/C14H12ClN3O/c1-2-19-12-4-3-9(7-11(12)15)13-10-5-6-16-14(10)18-8-17-13/h3-8H,2H2,1H3,(H,16,17,18). The summed E-state index contributed by atoms with van der Waals surface area (Å²) >= 11 is 6.21. The zero-order valence-corrected chi connectivity index (χ0v) is 11.1. The number of aromatic amines is 1. The Hall–Kier alpha value is -2.07. The van der Waals surface area contributed by atoms with E-state index in [1.165, 1.54) is 0 Å². The van der Waals surface area contributed by atoms with Crippen LogP contribution in [0.5, 0.6) is 5.75 Å². The molecule has 0 aliphatic rings. The molecule has 1 aromatic carbocycles. The number of hydrogen-bond acceptors (Lipinski definition) is 3. The highest BCUT2D eigenvalue weighted by atomic mass is 35.5. The van der Waals surface area contributed by atoms with E-state index >= 15 is 0 Å². The van der Waals surface area contributed by atoms with E-state index in [0.29, 0.717) is 17.4 Å². The number of nitrogens with one attached hydrogen (secondary N) is 1. The summed E-state index contributed by atoms with van der Waals surface area (Å²) in [5, 5.41) is 1.56. The van der Waals surface area contributed by atoms with Gasteiger partial charge in [-0.2, -0.15) is 0 Å². The van der Waals surface area contributed by atoms with E-state index in [1.54, 1.807) is 6.33 Å². The molecule has 0 unspecified atom stereocenters. The van der Waals surface area contributed by atoms with Crippen LogP contribution in [0.2, 0.25) is 5.02 Å². The Balaban J connectivity index is 2.11. The summed E-state index contributed by atoms with van der Waals surface area (Å²) in [4.78, 5) is 11.6. The molecule has 0 saturated carbocycles. The Morgan fingerprint density at radius 1 is 1.26 bits per heavy atom. The second kappa shape index (κ2) is 4.90. The van der Waals surface area contributed by atoms with E-state index < -0.39 is 0 Å². The van der Waals surface area contributed by atoms with Gasteiger partial charge in [0.15, 0.2) is 0 Å². The maximum Gasteiger partial charge on any atom is 0.141 e. The largest absolute Gasteiger partial charge is 0.492 e. The van der Waals surface area contributed by atoms with Crippen LogP contribution in [0.3, 0.4) is 0 Å². The molecule has 2 aromatic heterocycles. The molecule has 2 heterocycles. The van der Waals surface area contributed by atoms with Crippen molar-refractivity contribution < 1.29 is 4.74 Å². The molecule has 0 radical (unpaired) electrons. The molecule has 0 saturated heterocycles. The average Bonchev–Trinajstić information content (AvgIpc) is 2.89. The van der Waals surface area contributed by atoms with Crippen LogP contribution in [0.4, 0.5) is 0 Å². The third-order valence-corrected chi connectivity index (χ3v) is 3.15. The Morgan fingerprint density at radius 3 is 2.95 bits per heavy atom. The van der Waals surface area contributed by atoms with E-state index in [9.17, 15) is 0 Å². The van der Waals surface area contributed by atoms with Crippen LogP contribution in [-0.4, -0.2) is 21.6 Å². The molecule has 19 heavy (non-hydrogen) atoms. The zero-order chi connectivity index (χ0) is 13.2. The lowest BCUT2D eigenvalue weighted by atomic mass is 10.1. The van der Waals surface area contributed by atoms with Gasteiger partial charge in [-0.25, -0.2) is 9.97 Å². The average molecular weight is 274 g/mol. The van der Waals surface area contributed by atoms with Gasteiger partial charge in [0, 0.05) is 17.1 Å². The summed E-state index contributed by atoms with van der Waals surface area (Å²) < 4.78 is 5.43. The third-order valence-electron chi connectivity index (χ3n) is 2.86. The van der Waals surface area contributed by atoms with Gasteiger partial charge in [0.2, 0.25) is 0 Å². The molecular weight excluding hydrogens is 262 g/mol. The number of H-pyrrole nitrogens is 1. The highest BCUT2D eigenvalue weighted by Crippen LogP contribution is 2.32. The van der Waals surface area contributed by atoms with E-state index in [-0.39, 0.29) is 0 Å². The minimum atomic E-state index is 0.585. The van der Waals surface area contributed by atoms with Crippen molar-refractivity contribution in [3.05, 3.63) is 41.8 Å². The van der Waals surface area contributed by atoms with Gasteiger partial charge in [0.05, 0.1) is 17.3 Å². The van der Waals surface area contributed by atoms with Crippen LogP contribution in [-0.2, 0) is 0 Å². The van der Waals surface area contributed by atoms with E-state index in [2.05, 4.69) is 15.0 Å². The van der Waals surface area contributed by atoms with Crippen molar-refractivity contribution in [2.24, 2.45) is 0 Å². The van der Waals surface area contributed by atoms with Crippen LogP contribution in [0.1, 0.15) is 6.92 Å². The maximum absolute atomic E-state index is 6.21. The molecule has 5 heteroatoms. The van der Waals surface area contributed by atoms with E-state index in [0.717, 1.165) is 22.3 Å². The summed E-state index contributed by atoms with van der Waals surface area (Å²) in [6.07, 6.45) is 3.39. The highest BCUT2D eigenvalue weighted by Gasteiger charge is 2.09. The van der Waals surface area contributed by atoms with Gasteiger partial charge in [-0.3, -0.25) is 0 Å². The second-order valence-corrected chi connectivity index (χ2v) is 4.45. The Bertz CT molecular complexity index is 724. The molecule has 0 atom stereocenters. The van der Waals surface area contributed by atoms with Gasteiger partial charge in [-0.05, 0) is 31.2 Å². The lowest BCUT2D eigenvalue weighted by Gasteiger charge is -2.08. The first kappa shape index (κ1) is 12.0. The minimum Gasteiger partial charge on any atom is -0.492 e. The Labute approximate surface area is 115 Å². The predicted molar refractivity (Wildman–Crippen MR) is 75.5 cm³/mol. The molecular formula is C14H12ClN3O. The van der Waals surface area contributed by atoms with Gasteiger partial charge in [-0.15, -0.1) is 0 Å². The molecule has 1 N–H and O–H groups in total. The van der Waals surface area contributed by atoms with Crippen LogP contribution >= 0.6 is 11.6 Å². The van der Waals surface area contributed by atoms with Gasteiger partial charge >= 0.3 is 0 Å². The molecule has 0 bridgehead atoms. The SMILES string of the molecule is CCOc1ccc(-c2ncnc3[nH]ccc23)cc1Cl. The topological polar surface area (TPSA) is 50.8 Å². The molecule has 96 valence electrons. The van der Waals surface area contributed by atoms with Crippen LogP contribution in [0, 0.1) is 0 Å². The predicted octanol–water partition coefficient (Wildman–Crippen LogP) is 3.68. The first-order valence-electron chi connectivity index (χ1n) is 6.00. The van der Waals surface area contributed by atoms with E-state index in [4.69, 9.17) is 16.3 Å². The molecule has 0 aliphatic carbocycles. The summed E-state index contributed by atoms with van der Waals surface area (Å²) in [5.41, 5.74) is 2.62. The molecule has 3 aromatic rings. The molecule has 0 aliphatic heterocycles. The molecule has 0 spiro atoms. The molecule has 4 nitrogen and oxygen atoms in total. The fourth-order valence-electron chi connectivity index (χ4n) is 2.02. The van der Waals surface area contributed by atoms with Gasteiger partial charge in [-0.1, -0.05) is 11.6 Å². The number of hydrogen-bond donors (Lipinski definition) is 1. The van der Waals surface area contributed by atoms with Crippen molar-refractivity contribution in [1.82, 2.24) is 15.0 Å². The normalized spacial score (nSPS) is 10.8. The molecule has 3 rings (SSSR count). The number of ether oxygens (including phenoxy) is 1. The zero-order valence-electron chi connectivity index (χ0n) is 10.4. The number of benzene rings is 1. The third kappa shape index (κ3) is 2.15. The minimum absolute atomic E-state index is 0.585. The number of nitrogens with zero attached hydrogens (tertiary/aromatic N) is 2. The fraction of sp³-hybridized carbons (Fsp3) is 0.143. The number of aromatic nitrogens is 3. The molecule has 0 amide bonds. The first-order chi connectivity index (χ1) is 9.29. The van der Waals surface area contributed by atoms with Crippen molar-refractivity contribution in [3.63, 3.8) is 0 Å². The number of fused-ring (bicyclic) bond motifs is 1. The van der Waals surface area contributed by atoms with Gasteiger partial charge in [0.1, 0.15) is 17.7 Å². The summed E-state index contributed by atoms with van der Waals surface area (Å²) in [7, 11) is 0. The van der Waals surface area contributed by atoms with E-state index in [1.807, 2.05) is 37.4 Å². The van der Waals surface area contributed by atoms with Crippen LogP contribution in [0.25, 0.3) is 22.3 Å². The fourth-order valence-corrected chi connectivity index (χ4v) is 2.26. The second-order valence-electron chi connectivity index (χ2n) is 4.04.